The number of nitrogens with zero attached hydrogens (tertiary/aromatic N) is 3. The Morgan fingerprint density at radius 1 is 1.12 bits per heavy atom. The number of rotatable bonds is 6. The number of carbonyl (C=O) groups excluding carboxylic acids is 2. The summed E-state index contributed by atoms with van der Waals surface area (Å²) in [5, 5.41) is 10.5. The minimum atomic E-state index is -0.341. The van der Waals surface area contributed by atoms with Crippen LogP contribution in [0.15, 0.2) is 48.8 Å². The summed E-state index contributed by atoms with van der Waals surface area (Å²) < 4.78 is 1.80. The van der Waals surface area contributed by atoms with E-state index in [9.17, 15) is 9.59 Å². The SMILES string of the molecule is CC(C)n1ncc2cc(C(=O)NCC(=O)NCc3ccccc3)cnc21. The summed E-state index contributed by atoms with van der Waals surface area (Å²) in [6, 6.07) is 11.5. The van der Waals surface area contributed by atoms with E-state index in [1.807, 2.05) is 44.2 Å². The summed E-state index contributed by atoms with van der Waals surface area (Å²) in [4.78, 5) is 28.5. The molecule has 7 nitrogen and oxygen atoms in total. The number of aromatic nitrogens is 3. The molecule has 0 saturated carbocycles. The van der Waals surface area contributed by atoms with Gasteiger partial charge in [0.1, 0.15) is 0 Å². The molecule has 0 radical (unpaired) electrons. The molecule has 2 N–H and O–H groups in total. The van der Waals surface area contributed by atoms with Crippen molar-refractivity contribution in [3.05, 3.63) is 59.9 Å². The predicted octanol–water partition coefficient (Wildman–Crippen LogP) is 2.06. The Morgan fingerprint density at radius 2 is 1.88 bits per heavy atom. The van der Waals surface area contributed by atoms with E-state index in [1.54, 1.807) is 16.9 Å². The van der Waals surface area contributed by atoms with Crippen molar-refractivity contribution in [1.82, 2.24) is 25.4 Å². The van der Waals surface area contributed by atoms with Crippen molar-refractivity contribution in [1.29, 1.82) is 0 Å². The maximum absolute atomic E-state index is 12.2. The smallest absolute Gasteiger partial charge is 0.253 e. The minimum Gasteiger partial charge on any atom is -0.350 e. The molecule has 0 spiro atoms. The summed E-state index contributed by atoms with van der Waals surface area (Å²) in [6.07, 6.45) is 3.19. The third-order valence-corrected chi connectivity index (χ3v) is 3.93. The zero-order valence-corrected chi connectivity index (χ0v) is 14.8. The van der Waals surface area contributed by atoms with E-state index in [1.165, 1.54) is 6.20 Å². The first-order valence-corrected chi connectivity index (χ1v) is 8.46. The Labute approximate surface area is 151 Å². The van der Waals surface area contributed by atoms with Crippen LogP contribution in [0.3, 0.4) is 0 Å². The van der Waals surface area contributed by atoms with Crippen LogP contribution in [0.25, 0.3) is 11.0 Å². The van der Waals surface area contributed by atoms with Gasteiger partial charge >= 0.3 is 0 Å². The Balaban J connectivity index is 1.56. The topological polar surface area (TPSA) is 88.9 Å². The fourth-order valence-electron chi connectivity index (χ4n) is 2.56. The fourth-order valence-corrected chi connectivity index (χ4v) is 2.56. The molecule has 0 atom stereocenters. The summed E-state index contributed by atoms with van der Waals surface area (Å²) in [5.41, 5.74) is 2.14. The second-order valence-corrected chi connectivity index (χ2v) is 6.26. The number of fused-ring (bicyclic) bond motifs is 1. The van der Waals surface area contributed by atoms with Crippen LogP contribution >= 0.6 is 0 Å². The fraction of sp³-hybridized carbons (Fsp3) is 0.263. The van der Waals surface area contributed by atoms with Gasteiger partial charge in [0.25, 0.3) is 5.91 Å². The van der Waals surface area contributed by atoms with Crippen molar-refractivity contribution < 1.29 is 9.59 Å². The number of amides is 2. The van der Waals surface area contributed by atoms with Crippen LogP contribution in [0.1, 0.15) is 35.8 Å². The molecule has 134 valence electrons. The van der Waals surface area contributed by atoms with Gasteiger partial charge in [-0.15, -0.1) is 0 Å². The molecule has 0 bridgehead atoms. The maximum atomic E-state index is 12.2. The Hall–Kier alpha value is -3.22. The highest BCUT2D eigenvalue weighted by Crippen LogP contribution is 2.16. The van der Waals surface area contributed by atoms with Crippen LogP contribution in [-0.2, 0) is 11.3 Å². The second kappa shape index (κ2) is 7.77. The minimum absolute atomic E-state index is 0.0883. The lowest BCUT2D eigenvalue weighted by atomic mass is 10.2. The predicted molar refractivity (Wildman–Crippen MR) is 98.5 cm³/mol. The Kier molecular flexibility index (Phi) is 5.26. The normalized spacial score (nSPS) is 10.9. The van der Waals surface area contributed by atoms with Crippen molar-refractivity contribution in [3.8, 4) is 0 Å². The number of hydrogen-bond acceptors (Lipinski definition) is 4. The number of pyridine rings is 1. The van der Waals surface area contributed by atoms with E-state index in [0.717, 1.165) is 16.6 Å². The van der Waals surface area contributed by atoms with Crippen molar-refractivity contribution in [2.24, 2.45) is 0 Å². The highest BCUT2D eigenvalue weighted by atomic mass is 16.2. The lowest BCUT2D eigenvalue weighted by Crippen LogP contribution is -2.36. The lowest BCUT2D eigenvalue weighted by molar-refractivity contribution is -0.120. The molecule has 2 amide bonds. The third-order valence-electron chi connectivity index (χ3n) is 3.93. The first-order valence-electron chi connectivity index (χ1n) is 8.46. The number of benzene rings is 1. The Morgan fingerprint density at radius 3 is 2.62 bits per heavy atom. The number of hydrogen-bond donors (Lipinski definition) is 2. The summed E-state index contributed by atoms with van der Waals surface area (Å²) in [5.74, 6) is -0.588. The lowest BCUT2D eigenvalue weighted by Gasteiger charge is -2.08. The van der Waals surface area contributed by atoms with Crippen LogP contribution in [0.2, 0.25) is 0 Å². The number of carbonyl (C=O) groups is 2. The molecule has 3 rings (SSSR count). The van der Waals surface area contributed by atoms with Gasteiger partial charge < -0.3 is 10.6 Å². The average Bonchev–Trinajstić information content (AvgIpc) is 3.08. The third kappa shape index (κ3) is 4.05. The van der Waals surface area contributed by atoms with E-state index < -0.39 is 0 Å². The molecule has 2 heterocycles. The van der Waals surface area contributed by atoms with Crippen molar-refractivity contribution in [3.63, 3.8) is 0 Å². The molecule has 0 aliphatic rings. The van der Waals surface area contributed by atoms with Gasteiger partial charge in [-0.2, -0.15) is 5.10 Å². The standard InChI is InChI=1S/C19H21N5O2/c1-13(2)24-18-15(11-23-24)8-16(10-21-18)19(26)22-12-17(25)20-9-14-6-4-3-5-7-14/h3-8,10-11,13H,9,12H2,1-2H3,(H,20,25)(H,22,26). The van der Waals surface area contributed by atoms with E-state index in [-0.39, 0.29) is 24.4 Å². The van der Waals surface area contributed by atoms with Crippen molar-refractivity contribution in [2.75, 3.05) is 6.54 Å². The molecular weight excluding hydrogens is 330 g/mol. The molecular formula is C19H21N5O2. The Bertz CT molecular complexity index is 918. The van der Waals surface area contributed by atoms with Crippen molar-refractivity contribution in [2.45, 2.75) is 26.4 Å². The average molecular weight is 351 g/mol. The van der Waals surface area contributed by atoms with Gasteiger partial charge in [0, 0.05) is 24.2 Å². The zero-order chi connectivity index (χ0) is 18.5. The molecule has 0 aliphatic carbocycles. The van der Waals surface area contributed by atoms with Gasteiger partial charge in [-0.1, -0.05) is 30.3 Å². The van der Waals surface area contributed by atoms with Gasteiger partial charge in [-0.25, -0.2) is 9.67 Å². The summed E-state index contributed by atoms with van der Waals surface area (Å²) in [7, 11) is 0. The highest BCUT2D eigenvalue weighted by molar-refractivity contribution is 5.98. The largest absolute Gasteiger partial charge is 0.350 e. The molecule has 7 heteroatoms. The maximum Gasteiger partial charge on any atom is 0.253 e. The van der Waals surface area contributed by atoms with E-state index in [0.29, 0.717) is 12.1 Å². The van der Waals surface area contributed by atoms with Crippen LogP contribution in [-0.4, -0.2) is 33.1 Å². The highest BCUT2D eigenvalue weighted by Gasteiger charge is 2.12. The molecule has 0 fully saturated rings. The quantitative estimate of drug-likeness (QED) is 0.711. The molecule has 0 saturated heterocycles. The van der Waals surface area contributed by atoms with Crippen LogP contribution in [0.5, 0.6) is 0 Å². The first-order chi connectivity index (χ1) is 12.5. The van der Waals surface area contributed by atoms with Crippen LogP contribution < -0.4 is 10.6 Å². The van der Waals surface area contributed by atoms with Gasteiger partial charge in [0.15, 0.2) is 5.65 Å². The zero-order valence-electron chi connectivity index (χ0n) is 14.8. The van der Waals surface area contributed by atoms with Crippen molar-refractivity contribution >= 4 is 22.8 Å². The van der Waals surface area contributed by atoms with E-state index in [2.05, 4.69) is 20.7 Å². The molecule has 0 unspecified atom stereocenters. The van der Waals surface area contributed by atoms with E-state index in [4.69, 9.17) is 0 Å². The van der Waals surface area contributed by atoms with Gasteiger partial charge in [0.05, 0.1) is 18.3 Å². The van der Waals surface area contributed by atoms with E-state index >= 15 is 0 Å². The molecule has 0 aliphatic heterocycles. The van der Waals surface area contributed by atoms with Gasteiger partial charge in [0.2, 0.25) is 5.91 Å². The molecule has 1 aromatic carbocycles. The second-order valence-electron chi connectivity index (χ2n) is 6.26. The first kappa shape index (κ1) is 17.6. The summed E-state index contributed by atoms with van der Waals surface area (Å²) >= 11 is 0. The monoisotopic (exact) mass is 351 g/mol. The number of nitrogens with one attached hydrogen (secondary N) is 2. The molecule has 2 aromatic heterocycles. The van der Waals surface area contributed by atoms with Crippen LogP contribution in [0.4, 0.5) is 0 Å². The van der Waals surface area contributed by atoms with Gasteiger partial charge in [-0.3, -0.25) is 9.59 Å². The van der Waals surface area contributed by atoms with Crippen LogP contribution in [0, 0.1) is 0 Å². The molecule has 3 aromatic rings. The van der Waals surface area contributed by atoms with Gasteiger partial charge in [-0.05, 0) is 25.5 Å². The molecule has 26 heavy (non-hydrogen) atoms. The summed E-state index contributed by atoms with van der Waals surface area (Å²) in [6.45, 7) is 4.37.